The average molecular weight is 582 g/mol. The maximum atomic E-state index is 3.72. The van der Waals surface area contributed by atoms with Gasteiger partial charge in [0.05, 0.1) is 0 Å². The third-order valence-electron chi connectivity index (χ3n) is 6.28. The molecule has 184 valence electrons. The van der Waals surface area contributed by atoms with E-state index in [2.05, 4.69) is 79.2 Å². The topological polar surface area (TPSA) is 18.5 Å². The van der Waals surface area contributed by atoms with Crippen LogP contribution in [-0.2, 0) is 0 Å². The molecule has 1 aliphatic rings. The van der Waals surface area contributed by atoms with Gasteiger partial charge in [-0.15, -0.1) is 17.0 Å². The van der Waals surface area contributed by atoms with Gasteiger partial charge in [-0.1, -0.05) is 0 Å². The zero-order chi connectivity index (χ0) is 22.8. The van der Waals surface area contributed by atoms with Crippen LogP contribution in [0.2, 0.25) is 0 Å². The SMILES string of the molecule is Br.CCCCN(CCCC)c1ccc2c(c1)[Se]c1cc(N(CCCC)CCCC)ccc1N2. The molecule has 33 heavy (non-hydrogen) atoms. The van der Waals surface area contributed by atoms with Gasteiger partial charge in [-0.2, -0.15) is 0 Å². The van der Waals surface area contributed by atoms with Crippen LogP contribution in [0.15, 0.2) is 36.4 Å². The molecule has 0 amide bonds. The van der Waals surface area contributed by atoms with Crippen LogP contribution in [0.3, 0.4) is 0 Å². The van der Waals surface area contributed by atoms with E-state index in [-0.39, 0.29) is 17.0 Å². The van der Waals surface area contributed by atoms with E-state index in [1.807, 2.05) is 0 Å². The van der Waals surface area contributed by atoms with Gasteiger partial charge in [0.1, 0.15) is 0 Å². The fourth-order valence-electron chi connectivity index (χ4n) is 4.19. The molecule has 3 nitrogen and oxygen atoms in total. The number of hydrogen-bond acceptors (Lipinski definition) is 3. The number of anilines is 4. The standard InChI is InChI=1S/C28H43N3Se.BrH/c1-5-9-17-30(18-10-6-2)23-13-15-25-27(21-23)32-28-22-24(14-16-26(28)29-25)31(19-11-7-3)20-12-8-4;/h13-16,21-22,29H,5-12,17-20H2,1-4H3;1H. The van der Waals surface area contributed by atoms with Crippen molar-refractivity contribution in [1.82, 2.24) is 0 Å². The van der Waals surface area contributed by atoms with Gasteiger partial charge in [-0.05, 0) is 0 Å². The summed E-state index contributed by atoms with van der Waals surface area (Å²) in [6.45, 7) is 13.8. The number of halogens is 1. The molecule has 0 radical (unpaired) electrons. The summed E-state index contributed by atoms with van der Waals surface area (Å²) in [6, 6.07) is 14.2. The van der Waals surface area contributed by atoms with E-state index in [9.17, 15) is 0 Å². The third kappa shape index (κ3) is 7.94. The Labute approximate surface area is 219 Å². The van der Waals surface area contributed by atoms with E-state index < -0.39 is 0 Å². The second kappa shape index (κ2) is 15.0. The molecule has 0 saturated carbocycles. The summed E-state index contributed by atoms with van der Waals surface area (Å²) >= 11 is 0.338. The molecule has 0 unspecified atom stereocenters. The maximum absolute atomic E-state index is 3.72. The van der Waals surface area contributed by atoms with Gasteiger partial charge in [-0.25, -0.2) is 0 Å². The van der Waals surface area contributed by atoms with Crippen molar-refractivity contribution in [2.45, 2.75) is 79.1 Å². The summed E-state index contributed by atoms with van der Waals surface area (Å²) in [5, 5.41) is 3.72. The minimum atomic E-state index is 0. The second-order valence-electron chi connectivity index (χ2n) is 8.98. The number of nitrogens with one attached hydrogen (secondary N) is 1. The van der Waals surface area contributed by atoms with E-state index in [4.69, 9.17) is 0 Å². The normalized spacial score (nSPS) is 11.8. The van der Waals surface area contributed by atoms with Crippen molar-refractivity contribution in [3.05, 3.63) is 36.4 Å². The monoisotopic (exact) mass is 581 g/mol. The summed E-state index contributed by atoms with van der Waals surface area (Å²) in [5.74, 6) is 0. The van der Waals surface area contributed by atoms with Crippen molar-refractivity contribution in [2.24, 2.45) is 0 Å². The van der Waals surface area contributed by atoms with E-state index in [1.54, 1.807) is 0 Å². The number of nitrogens with zero attached hydrogens (tertiary/aromatic N) is 2. The summed E-state index contributed by atoms with van der Waals surface area (Å²) < 4.78 is 2.98. The fourth-order valence-corrected chi connectivity index (χ4v) is 6.40. The molecule has 1 N–H and O–H groups in total. The average Bonchev–Trinajstić information content (AvgIpc) is 2.82. The molecule has 2 aromatic carbocycles. The number of rotatable bonds is 14. The van der Waals surface area contributed by atoms with Gasteiger partial charge < -0.3 is 0 Å². The zero-order valence-corrected chi connectivity index (χ0v) is 24.6. The van der Waals surface area contributed by atoms with Gasteiger partial charge >= 0.3 is 203 Å². The van der Waals surface area contributed by atoms with Gasteiger partial charge in [0, 0.05) is 0 Å². The van der Waals surface area contributed by atoms with Gasteiger partial charge in [0.15, 0.2) is 0 Å². The molecule has 0 aliphatic carbocycles. The van der Waals surface area contributed by atoms with Crippen molar-refractivity contribution < 1.29 is 0 Å². The van der Waals surface area contributed by atoms with Crippen molar-refractivity contribution >= 4 is 63.6 Å². The first-order chi connectivity index (χ1) is 15.7. The van der Waals surface area contributed by atoms with Crippen LogP contribution in [0.4, 0.5) is 22.7 Å². The van der Waals surface area contributed by atoms with Gasteiger partial charge in [-0.3, -0.25) is 0 Å². The molecule has 5 heteroatoms. The van der Waals surface area contributed by atoms with Gasteiger partial charge in [0.25, 0.3) is 0 Å². The van der Waals surface area contributed by atoms with Crippen LogP contribution >= 0.6 is 17.0 Å². The summed E-state index contributed by atoms with van der Waals surface area (Å²) in [6.07, 6.45) is 10.1. The van der Waals surface area contributed by atoms with Crippen LogP contribution in [0.25, 0.3) is 0 Å². The number of unbranched alkanes of at least 4 members (excludes halogenated alkanes) is 4. The third-order valence-corrected chi connectivity index (χ3v) is 8.62. The van der Waals surface area contributed by atoms with Crippen LogP contribution in [0.5, 0.6) is 0 Å². The molecule has 1 aliphatic heterocycles. The Bertz CT molecular complexity index is 758. The molecule has 2 aromatic rings. The van der Waals surface area contributed by atoms with E-state index in [1.165, 1.54) is 109 Å². The minimum absolute atomic E-state index is 0. The van der Waals surface area contributed by atoms with Crippen LogP contribution in [0.1, 0.15) is 79.1 Å². The predicted molar refractivity (Wildman–Crippen MR) is 156 cm³/mol. The van der Waals surface area contributed by atoms with Crippen molar-refractivity contribution in [1.29, 1.82) is 0 Å². The molecule has 0 bridgehead atoms. The van der Waals surface area contributed by atoms with Crippen LogP contribution in [-0.4, -0.2) is 41.1 Å². The zero-order valence-electron chi connectivity index (χ0n) is 21.2. The molecular formula is C28H44BrN3Se. The molecule has 0 atom stereocenters. The van der Waals surface area contributed by atoms with E-state index in [0.717, 1.165) is 0 Å². The summed E-state index contributed by atoms with van der Waals surface area (Å²) in [5.41, 5.74) is 5.41. The molecule has 0 fully saturated rings. The Morgan fingerprint density at radius 1 is 0.606 bits per heavy atom. The fraction of sp³-hybridized carbons (Fsp3) is 0.571. The van der Waals surface area contributed by atoms with Crippen LogP contribution < -0.4 is 24.0 Å². The van der Waals surface area contributed by atoms with Gasteiger partial charge in [0.2, 0.25) is 0 Å². The first-order valence-corrected chi connectivity index (χ1v) is 14.6. The molecule has 0 spiro atoms. The Hall–Kier alpha value is -1.16. The van der Waals surface area contributed by atoms with E-state index >= 15 is 0 Å². The molecule has 0 saturated heterocycles. The Kier molecular flexibility index (Phi) is 12.7. The van der Waals surface area contributed by atoms with Crippen molar-refractivity contribution in [3.63, 3.8) is 0 Å². The second-order valence-corrected chi connectivity index (χ2v) is 11.3. The number of benzene rings is 2. The van der Waals surface area contributed by atoms with E-state index in [0.29, 0.717) is 15.0 Å². The van der Waals surface area contributed by atoms with Crippen molar-refractivity contribution in [3.8, 4) is 0 Å². The first-order valence-electron chi connectivity index (χ1n) is 12.9. The Balaban J connectivity index is 0.00000385. The van der Waals surface area contributed by atoms with Crippen molar-refractivity contribution in [2.75, 3.05) is 41.3 Å². The molecular weight excluding hydrogens is 537 g/mol. The number of hydrogen-bond donors (Lipinski definition) is 1. The Morgan fingerprint density at radius 3 is 1.30 bits per heavy atom. The molecule has 3 rings (SSSR count). The summed E-state index contributed by atoms with van der Waals surface area (Å²) in [7, 11) is 0. The molecule has 1 heterocycles. The molecule has 0 aromatic heterocycles. The first kappa shape index (κ1) is 28.1. The Morgan fingerprint density at radius 2 is 0.970 bits per heavy atom. The summed E-state index contributed by atoms with van der Waals surface area (Å²) in [4.78, 5) is 5.21. The number of fused-ring (bicyclic) bond motifs is 2. The quantitative estimate of drug-likeness (QED) is 0.212. The predicted octanol–water partition coefficient (Wildman–Crippen LogP) is 6.79. The van der Waals surface area contributed by atoms with Crippen LogP contribution in [0, 0.1) is 0 Å².